The zero-order chi connectivity index (χ0) is 11.4. The first-order valence-corrected chi connectivity index (χ1v) is 5.62. The summed E-state index contributed by atoms with van der Waals surface area (Å²) in [7, 11) is 0. The van der Waals surface area contributed by atoms with Gasteiger partial charge in [-0.2, -0.15) is 0 Å². The van der Waals surface area contributed by atoms with Crippen LogP contribution in [-0.2, 0) is 13.0 Å². The lowest BCUT2D eigenvalue weighted by Crippen LogP contribution is -1.84. The molecule has 2 rings (SSSR count). The molecule has 16 heavy (non-hydrogen) atoms. The third-order valence-corrected chi connectivity index (χ3v) is 2.83. The van der Waals surface area contributed by atoms with E-state index in [0.29, 0.717) is 0 Å². The predicted molar refractivity (Wildman–Crippen MR) is 67.2 cm³/mol. The second kappa shape index (κ2) is 4.95. The van der Waals surface area contributed by atoms with Crippen molar-refractivity contribution in [1.29, 1.82) is 0 Å². The fourth-order valence-corrected chi connectivity index (χ4v) is 1.74. The van der Waals surface area contributed by atoms with Crippen molar-refractivity contribution in [2.75, 3.05) is 0 Å². The van der Waals surface area contributed by atoms with E-state index in [4.69, 9.17) is 5.11 Å². The number of aliphatic hydroxyl groups is 1. The maximum Gasteiger partial charge on any atom is 0.0681 e. The van der Waals surface area contributed by atoms with Crippen LogP contribution in [0.4, 0.5) is 0 Å². The molecule has 0 aliphatic carbocycles. The summed E-state index contributed by atoms with van der Waals surface area (Å²) in [5, 5.41) is 8.97. The van der Waals surface area contributed by atoms with Crippen molar-refractivity contribution in [3.8, 4) is 11.1 Å². The van der Waals surface area contributed by atoms with Gasteiger partial charge in [-0.3, -0.25) is 0 Å². The molecule has 1 heteroatoms. The lowest BCUT2D eigenvalue weighted by molar-refractivity contribution is 0.282. The van der Waals surface area contributed by atoms with Crippen LogP contribution in [-0.4, -0.2) is 5.11 Å². The third-order valence-electron chi connectivity index (χ3n) is 2.83. The molecule has 0 aromatic heterocycles. The van der Waals surface area contributed by atoms with Crippen LogP contribution in [0, 0.1) is 0 Å². The molecule has 1 N–H and O–H groups in total. The molecule has 0 saturated heterocycles. The van der Waals surface area contributed by atoms with Crippen LogP contribution in [0.3, 0.4) is 0 Å². The van der Waals surface area contributed by atoms with Crippen LogP contribution in [0.15, 0.2) is 48.5 Å². The molecular formula is C15H16O. The fourth-order valence-electron chi connectivity index (χ4n) is 1.74. The van der Waals surface area contributed by atoms with Gasteiger partial charge < -0.3 is 5.11 Å². The SMILES string of the molecule is CCc1ccc(-c2ccc(CO)cc2)cc1. The highest BCUT2D eigenvalue weighted by Crippen LogP contribution is 2.20. The zero-order valence-electron chi connectivity index (χ0n) is 9.48. The van der Waals surface area contributed by atoms with E-state index in [1.807, 2.05) is 24.3 Å². The molecule has 0 bridgehead atoms. The Balaban J connectivity index is 2.28. The summed E-state index contributed by atoms with van der Waals surface area (Å²) < 4.78 is 0. The van der Waals surface area contributed by atoms with E-state index in [9.17, 15) is 0 Å². The van der Waals surface area contributed by atoms with Crippen LogP contribution < -0.4 is 0 Å². The van der Waals surface area contributed by atoms with E-state index in [1.54, 1.807) is 0 Å². The average molecular weight is 212 g/mol. The van der Waals surface area contributed by atoms with Gasteiger partial charge in [0.05, 0.1) is 6.61 Å². The van der Waals surface area contributed by atoms with Crippen molar-refractivity contribution in [2.24, 2.45) is 0 Å². The Hall–Kier alpha value is -1.60. The Bertz CT molecular complexity index is 394. The predicted octanol–water partition coefficient (Wildman–Crippen LogP) is 3.41. The van der Waals surface area contributed by atoms with Crippen LogP contribution >= 0.6 is 0 Å². The summed E-state index contributed by atoms with van der Waals surface area (Å²) in [6, 6.07) is 16.6. The Morgan fingerprint density at radius 2 is 1.19 bits per heavy atom. The quantitative estimate of drug-likeness (QED) is 0.826. The van der Waals surface area contributed by atoms with Gasteiger partial charge in [0.1, 0.15) is 0 Å². The molecule has 0 aliphatic heterocycles. The number of aryl methyl sites for hydroxylation is 1. The molecule has 82 valence electrons. The van der Waals surface area contributed by atoms with Crippen LogP contribution in [0.25, 0.3) is 11.1 Å². The minimum Gasteiger partial charge on any atom is -0.392 e. The van der Waals surface area contributed by atoms with Crippen LogP contribution in [0.2, 0.25) is 0 Å². The summed E-state index contributed by atoms with van der Waals surface area (Å²) in [5.74, 6) is 0. The molecule has 0 amide bonds. The summed E-state index contributed by atoms with van der Waals surface area (Å²) in [6.45, 7) is 2.26. The van der Waals surface area contributed by atoms with Gasteiger partial charge in [0.15, 0.2) is 0 Å². The van der Waals surface area contributed by atoms with E-state index in [0.717, 1.165) is 12.0 Å². The number of hydrogen-bond donors (Lipinski definition) is 1. The van der Waals surface area contributed by atoms with Gasteiger partial charge in [-0.1, -0.05) is 55.5 Å². The molecular weight excluding hydrogens is 196 g/mol. The largest absolute Gasteiger partial charge is 0.392 e. The molecule has 0 unspecified atom stereocenters. The number of benzene rings is 2. The molecule has 0 fully saturated rings. The molecule has 2 aromatic rings. The number of rotatable bonds is 3. The maximum atomic E-state index is 8.97. The zero-order valence-corrected chi connectivity index (χ0v) is 9.48. The first kappa shape index (κ1) is 10.9. The Morgan fingerprint density at radius 3 is 1.56 bits per heavy atom. The van der Waals surface area contributed by atoms with E-state index in [-0.39, 0.29) is 6.61 Å². The highest BCUT2D eigenvalue weighted by Gasteiger charge is 1.97. The molecule has 1 nitrogen and oxygen atoms in total. The first-order valence-electron chi connectivity index (χ1n) is 5.62. The Labute approximate surface area is 96.4 Å². The molecule has 0 heterocycles. The van der Waals surface area contributed by atoms with Crippen molar-refractivity contribution < 1.29 is 5.11 Å². The summed E-state index contributed by atoms with van der Waals surface area (Å²) in [4.78, 5) is 0. The van der Waals surface area contributed by atoms with Crippen LogP contribution in [0.5, 0.6) is 0 Å². The van der Waals surface area contributed by atoms with E-state index in [2.05, 4.69) is 31.2 Å². The van der Waals surface area contributed by atoms with E-state index < -0.39 is 0 Å². The second-order valence-electron chi connectivity index (χ2n) is 3.91. The van der Waals surface area contributed by atoms with Gasteiger partial charge in [-0.25, -0.2) is 0 Å². The van der Waals surface area contributed by atoms with Gasteiger partial charge in [0.2, 0.25) is 0 Å². The van der Waals surface area contributed by atoms with Gasteiger partial charge in [0, 0.05) is 0 Å². The minimum absolute atomic E-state index is 0.106. The van der Waals surface area contributed by atoms with E-state index in [1.165, 1.54) is 16.7 Å². The Kier molecular flexibility index (Phi) is 3.37. The van der Waals surface area contributed by atoms with Crippen molar-refractivity contribution in [3.05, 3.63) is 59.7 Å². The van der Waals surface area contributed by atoms with Crippen molar-refractivity contribution >= 4 is 0 Å². The topological polar surface area (TPSA) is 20.2 Å². The van der Waals surface area contributed by atoms with E-state index >= 15 is 0 Å². The average Bonchev–Trinajstić information content (AvgIpc) is 2.39. The lowest BCUT2D eigenvalue weighted by Gasteiger charge is -2.04. The Morgan fingerprint density at radius 1 is 0.750 bits per heavy atom. The molecule has 2 aromatic carbocycles. The molecule has 0 aliphatic rings. The maximum absolute atomic E-state index is 8.97. The van der Waals surface area contributed by atoms with Gasteiger partial charge >= 0.3 is 0 Å². The lowest BCUT2D eigenvalue weighted by atomic mass is 10.0. The summed E-state index contributed by atoms with van der Waals surface area (Å²) in [6.07, 6.45) is 1.07. The molecule has 0 spiro atoms. The smallest absolute Gasteiger partial charge is 0.0681 e. The normalized spacial score (nSPS) is 10.4. The minimum atomic E-state index is 0.106. The standard InChI is InChI=1S/C15H16O/c1-2-12-3-7-14(8-4-12)15-9-5-13(11-16)6-10-15/h3-10,16H,2,11H2,1H3. The summed E-state index contributed by atoms with van der Waals surface area (Å²) >= 11 is 0. The van der Waals surface area contributed by atoms with Gasteiger partial charge in [-0.05, 0) is 28.7 Å². The fraction of sp³-hybridized carbons (Fsp3) is 0.200. The van der Waals surface area contributed by atoms with Crippen molar-refractivity contribution in [3.63, 3.8) is 0 Å². The number of hydrogen-bond acceptors (Lipinski definition) is 1. The third kappa shape index (κ3) is 2.31. The monoisotopic (exact) mass is 212 g/mol. The highest BCUT2D eigenvalue weighted by atomic mass is 16.3. The molecule has 0 atom stereocenters. The van der Waals surface area contributed by atoms with Gasteiger partial charge in [-0.15, -0.1) is 0 Å². The summed E-state index contributed by atoms with van der Waals surface area (Å²) in [5.41, 5.74) is 4.73. The van der Waals surface area contributed by atoms with Crippen molar-refractivity contribution in [1.82, 2.24) is 0 Å². The molecule has 0 saturated carbocycles. The van der Waals surface area contributed by atoms with Crippen molar-refractivity contribution in [2.45, 2.75) is 20.0 Å². The second-order valence-corrected chi connectivity index (χ2v) is 3.91. The molecule has 0 radical (unpaired) electrons. The van der Waals surface area contributed by atoms with Crippen LogP contribution in [0.1, 0.15) is 18.1 Å². The highest BCUT2D eigenvalue weighted by molar-refractivity contribution is 5.63. The number of aliphatic hydroxyl groups excluding tert-OH is 1. The first-order chi connectivity index (χ1) is 7.83. The van der Waals surface area contributed by atoms with Gasteiger partial charge in [0.25, 0.3) is 0 Å².